The van der Waals surface area contributed by atoms with Crippen molar-refractivity contribution < 1.29 is 14.7 Å². The Labute approximate surface area is 290 Å². The van der Waals surface area contributed by atoms with E-state index >= 15 is 0 Å². The number of amides is 2. The number of aliphatic hydroxyl groups excluding tert-OH is 1. The fourth-order valence-electron chi connectivity index (χ4n) is 6.92. The second kappa shape index (κ2) is 12.7. The summed E-state index contributed by atoms with van der Waals surface area (Å²) in [5.41, 5.74) is 10.6. The SMILES string of the molecule is CC(C)(C)c1ccc(-c2cc(C#N)cc3cc4n(c23)CCNC4=O)cc1.N#Cc1cc(-c2ccc(CO)cc2)c2c(c1)cc1n2CCNC1=O. The third-order valence-electron chi connectivity index (χ3n) is 9.46. The van der Waals surface area contributed by atoms with Crippen LogP contribution in [0.2, 0.25) is 0 Å². The minimum absolute atomic E-state index is 0.00533. The van der Waals surface area contributed by atoms with Gasteiger partial charge in [-0.15, -0.1) is 0 Å². The van der Waals surface area contributed by atoms with Crippen LogP contribution >= 0.6 is 0 Å². The highest BCUT2D eigenvalue weighted by Gasteiger charge is 2.24. The van der Waals surface area contributed by atoms with E-state index < -0.39 is 0 Å². The molecule has 50 heavy (non-hydrogen) atoms. The number of carbonyl (C=O) groups excluding carboxylic acids is 2. The van der Waals surface area contributed by atoms with Gasteiger partial charge in [-0.2, -0.15) is 10.5 Å². The Morgan fingerprint density at radius 2 is 1.12 bits per heavy atom. The summed E-state index contributed by atoms with van der Waals surface area (Å²) >= 11 is 0. The zero-order valence-corrected chi connectivity index (χ0v) is 28.2. The Balaban J connectivity index is 0.000000157. The highest BCUT2D eigenvalue weighted by molar-refractivity contribution is 6.05. The van der Waals surface area contributed by atoms with Crippen molar-refractivity contribution in [3.05, 3.63) is 119 Å². The molecule has 0 bridgehead atoms. The van der Waals surface area contributed by atoms with Gasteiger partial charge in [0.25, 0.3) is 11.8 Å². The number of hydrogen-bond acceptors (Lipinski definition) is 5. The topological polar surface area (TPSA) is 136 Å². The molecule has 8 rings (SSSR count). The van der Waals surface area contributed by atoms with Gasteiger partial charge in [0, 0.05) is 48.1 Å². The van der Waals surface area contributed by atoms with Crippen molar-refractivity contribution in [1.29, 1.82) is 10.5 Å². The number of nitriles is 2. The first kappa shape index (κ1) is 32.4. The largest absolute Gasteiger partial charge is 0.392 e. The molecule has 6 aromatic rings. The molecular formula is C41H36N6O3. The van der Waals surface area contributed by atoms with E-state index in [1.165, 1.54) is 5.56 Å². The van der Waals surface area contributed by atoms with E-state index in [1.807, 2.05) is 65.2 Å². The standard InChI is InChI=1S/C22H21N3O.C19H15N3O2/c1-22(2,3)17-6-4-15(5-7-17)18-11-14(13-23)10-16-12-19-21(26)24-8-9-25(19)20(16)18;20-10-13-7-15-9-17-19(24)21-5-6-22(17)18(15)16(8-13)14-3-1-12(11-23)2-4-14/h4-7,10-12H,8-9H2,1-3H3,(H,24,26);1-4,7-9,23H,5-6,11H2,(H,21,24). The Morgan fingerprint density at radius 3 is 1.52 bits per heavy atom. The van der Waals surface area contributed by atoms with Crippen LogP contribution in [0.5, 0.6) is 0 Å². The molecule has 0 radical (unpaired) electrons. The summed E-state index contributed by atoms with van der Waals surface area (Å²) in [6.45, 7) is 9.24. The lowest BCUT2D eigenvalue weighted by Gasteiger charge is -2.20. The van der Waals surface area contributed by atoms with Crippen LogP contribution in [-0.4, -0.2) is 39.1 Å². The van der Waals surface area contributed by atoms with E-state index in [-0.39, 0.29) is 23.8 Å². The van der Waals surface area contributed by atoms with E-state index in [2.05, 4.69) is 72.4 Å². The summed E-state index contributed by atoms with van der Waals surface area (Å²) in [7, 11) is 0. The van der Waals surface area contributed by atoms with Crippen LogP contribution < -0.4 is 10.6 Å². The Morgan fingerprint density at radius 1 is 0.680 bits per heavy atom. The van der Waals surface area contributed by atoms with Crippen LogP contribution in [0.4, 0.5) is 0 Å². The Kier molecular flexibility index (Phi) is 8.23. The Bertz CT molecular complexity index is 2400. The van der Waals surface area contributed by atoms with Gasteiger partial charge < -0.3 is 24.9 Å². The molecule has 3 N–H and O–H groups in total. The third-order valence-corrected chi connectivity index (χ3v) is 9.46. The van der Waals surface area contributed by atoms with Crippen LogP contribution in [0.25, 0.3) is 44.1 Å². The number of nitrogens with one attached hydrogen (secondary N) is 2. The smallest absolute Gasteiger partial charge is 0.268 e. The lowest BCUT2D eigenvalue weighted by Crippen LogP contribution is -2.34. The molecule has 9 nitrogen and oxygen atoms in total. The number of aliphatic hydroxyl groups is 1. The van der Waals surface area contributed by atoms with Crippen molar-refractivity contribution >= 4 is 33.6 Å². The first-order valence-electron chi connectivity index (χ1n) is 16.6. The van der Waals surface area contributed by atoms with E-state index in [0.29, 0.717) is 42.1 Å². The van der Waals surface area contributed by atoms with Crippen LogP contribution in [0, 0.1) is 22.7 Å². The minimum Gasteiger partial charge on any atom is -0.392 e. The van der Waals surface area contributed by atoms with Gasteiger partial charge in [-0.05, 0) is 64.1 Å². The van der Waals surface area contributed by atoms with Gasteiger partial charge in [0.1, 0.15) is 11.4 Å². The molecular weight excluding hydrogens is 624 g/mol. The van der Waals surface area contributed by atoms with Gasteiger partial charge in [-0.1, -0.05) is 69.3 Å². The highest BCUT2D eigenvalue weighted by atomic mass is 16.3. The molecule has 0 unspecified atom stereocenters. The van der Waals surface area contributed by atoms with Crippen LogP contribution in [0.3, 0.4) is 0 Å². The minimum atomic E-state index is -0.0856. The predicted octanol–water partition coefficient (Wildman–Crippen LogP) is 6.64. The second-order valence-electron chi connectivity index (χ2n) is 13.7. The zero-order chi connectivity index (χ0) is 35.2. The normalized spacial score (nSPS) is 13.7. The summed E-state index contributed by atoms with van der Waals surface area (Å²) in [6.07, 6.45) is 0. The summed E-state index contributed by atoms with van der Waals surface area (Å²) < 4.78 is 4.09. The lowest BCUT2D eigenvalue weighted by atomic mass is 9.86. The van der Waals surface area contributed by atoms with Crippen LogP contribution in [-0.2, 0) is 25.1 Å². The molecule has 2 aliphatic rings. The molecule has 0 saturated carbocycles. The number of aromatic nitrogens is 2. The summed E-state index contributed by atoms with van der Waals surface area (Å²) in [6, 6.07) is 31.8. The van der Waals surface area contributed by atoms with Gasteiger partial charge in [0.05, 0.1) is 40.9 Å². The number of nitrogens with zero attached hydrogens (tertiary/aromatic N) is 4. The quantitative estimate of drug-likeness (QED) is 0.196. The van der Waals surface area contributed by atoms with Gasteiger partial charge >= 0.3 is 0 Å². The Hall–Kier alpha value is -6.16. The maximum Gasteiger partial charge on any atom is 0.268 e. The maximum absolute atomic E-state index is 12.2. The molecule has 2 amide bonds. The van der Waals surface area contributed by atoms with Crippen molar-refractivity contribution in [1.82, 2.24) is 19.8 Å². The fourth-order valence-corrected chi connectivity index (χ4v) is 6.92. The van der Waals surface area contributed by atoms with E-state index in [1.54, 1.807) is 0 Å². The van der Waals surface area contributed by atoms with Crippen molar-refractivity contribution in [2.45, 2.75) is 45.9 Å². The molecule has 2 aliphatic heterocycles. The number of rotatable bonds is 3. The maximum atomic E-state index is 12.2. The fraction of sp³-hybridized carbons (Fsp3) is 0.220. The summed E-state index contributed by atoms with van der Waals surface area (Å²) in [5.74, 6) is -0.141. The zero-order valence-electron chi connectivity index (χ0n) is 28.2. The predicted molar refractivity (Wildman–Crippen MR) is 193 cm³/mol. The molecule has 2 aromatic heterocycles. The van der Waals surface area contributed by atoms with E-state index in [4.69, 9.17) is 0 Å². The number of benzene rings is 4. The van der Waals surface area contributed by atoms with E-state index in [9.17, 15) is 25.2 Å². The van der Waals surface area contributed by atoms with Crippen LogP contribution in [0.1, 0.15) is 64.0 Å². The number of carbonyl (C=O) groups is 2. The molecule has 0 saturated heterocycles. The second-order valence-corrected chi connectivity index (χ2v) is 13.7. The van der Waals surface area contributed by atoms with Gasteiger partial charge in [-0.25, -0.2) is 0 Å². The number of hydrogen-bond donors (Lipinski definition) is 3. The van der Waals surface area contributed by atoms with Crippen molar-refractivity contribution in [2.75, 3.05) is 13.1 Å². The van der Waals surface area contributed by atoms with Crippen molar-refractivity contribution in [2.24, 2.45) is 0 Å². The first-order chi connectivity index (χ1) is 24.1. The summed E-state index contributed by atoms with van der Waals surface area (Å²) in [5, 5.41) is 35.6. The molecule has 0 aliphatic carbocycles. The van der Waals surface area contributed by atoms with Crippen LogP contribution in [0.15, 0.2) is 84.9 Å². The molecule has 4 heterocycles. The van der Waals surface area contributed by atoms with Crippen molar-refractivity contribution in [3.8, 4) is 34.4 Å². The average molecular weight is 661 g/mol. The monoisotopic (exact) mass is 660 g/mol. The van der Waals surface area contributed by atoms with Gasteiger partial charge in [0.15, 0.2) is 0 Å². The molecule has 248 valence electrons. The first-order valence-corrected chi connectivity index (χ1v) is 16.6. The van der Waals surface area contributed by atoms with Gasteiger partial charge in [-0.3, -0.25) is 9.59 Å². The molecule has 9 heteroatoms. The average Bonchev–Trinajstić information content (AvgIpc) is 3.71. The number of fused-ring (bicyclic) bond motifs is 6. The third kappa shape index (κ3) is 5.78. The molecule has 0 atom stereocenters. The van der Waals surface area contributed by atoms with E-state index in [0.717, 1.165) is 56.2 Å². The lowest BCUT2D eigenvalue weighted by molar-refractivity contribution is 0.0921. The molecule has 0 spiro atoms. The van der Waals surface area contributed by atoms with Crippen molar-refractivity contribution in [3.63, 3.8) is 0 Å². The molecule has 4 aromatic carbocycles. The summed E-state index contributed by atoms with van der Waals surface area (Å²) in [4.78, 5) is 24.3. The highest BCUT2D eigenvalue weighted by Crippen LogP contribution is 2.36. The molecule has 0 fully saturated rings. The van der Waals surface area contributed by atoms with Gasteiger partial charge in [0.2, 0.25) is 0 Å².